The second-order valence-electron chi connectivity index (χ2n) is 6.40. The Hall–Kier alpha value is -0.610. The van der Waals surface area contributed by atoms with Gasteiger partial charge in [-0.25, -0.2) is 4.39 Å². The molecule has 0 amide bonds. The standard InChI is InChI=1S/C17H26BrFN2/c1-5-17(6-2)11-21(16(10-20-17)12(3)4)15-8-7-13(18)9-14(15)19/h7-9,12,16,20H,5-6,10-11H2,1-4H3. The van der Waals surface area contributed by atoms with Gasteiger partial charge in [0.1, 0.15) is 5.82 Å². The molecule has 0 saturated carbocycles. The first-order valence-corrected chi connectivity index (χ1v) is 8.68. The van der Waals surface area contributed by atoms with Crippen LogP contribution in [0.1, 0.15) is 40.5 Å². The van der Waals surface area contributed by atoms with E-state index in [2.05, 4.69) is 53.8 Å². The average molecular weight is 357 g/mol. The molecule has 0 aliphatic carbocycles. The van der Waals surface area contributed by atoms with Crippen LogP contribution < -0.4 is 10.2 Å². The number of halogens is 2. The fourth-order valence-electron chi connectivity index (χ4n) is 3.23. The number of anilines is 1. The van der Waals surface area contributed by atoms with Crippen molar-refractivity contribution in [1.82, 2.24) is 5.32 Å². The van der Waals surface area contributed by atoms with Crippen molar-refractivity contribution in [3.8, 4) is 0 Å². The highest BCUT2D eigenvalue weighted by Gasteiger charge is 2.38. The predicted octanol–water partition coefficient (Wildman–Crippen LogP) is 4.58. The molecule has 0 radical (unpaired) electrons. The van der Waals surface area contributed by atoms with Gasteiger partial charge in [0.15, 0.2) is 0 Å². The quantitative estimate of drug-likeness (QED) is 0.849. The van der Waals surface area contributed by atoms with Crippen LogP contribution in [0, 0.1) is 11.7 Å². The number of hydrogen-bond donors (Lipinski definition) is 1. The fourth-order valence-corrected chi connectivity index (χ4v) is 3.56. The lowest BCUT2D eigenvalue weighted by Gasteiger charge is -2.50. The Labute approximate surface area is 136 Å². The Morgan fingerprint density at radius 1 is 1.38 bits per heavy atom. The summed E-state index contributed by atoms with van der Waals surface area (Å²) < 4.78 is 15.2. The topological polar surface area (TPSA) is 15.3 Å². The van der Waals surface area contributed by atoms with E-state index in [0.29, 0.717) is 12.0 Å². The summed E-state index contributed by atoms with van der Waals surface area (Å²) >= 11 is 3.34. The van der Waals surface area contributed by atoms with E-state index in [1.807, 2.05) is 12.1 Å². The van der Waals surface area contributed by atoms with Crippen molar-refractivity contribution in [2.75, 3.05) is 18.0 Å². The van der Waals surface area contributed by atoms with Gasteiger partial charge in [0.2, 0.25) is 0 Å². The molecule has 4 heteroatoms. The molecule has 1 heterocycles. The van der Waals surface area contributed by atoms with Crippen molar-refractivity contribution < 1.29 is 4.39 Å². The highest BCUT2D eigenvalue weighted by atomic mass is 79.9. The zero-order valence-electron chi connectivity index (χ0n) is 13.4. The number of hydrogen-bond acceptors (Lipinski definition) is 2. The van der Waals surface area contributed by atoms with E-state index >= 15 is 0 Å². The smallest absolute Gasteiger partial charge is 0.147 e. The van der Waals surface area contributed by atoms with Gasteiger partial charge in [-0.3, -0.25) is 0 Å². The van der Waals surface area contributed by atoms with Crippen LogP contribution in [0.25, 0.3) is 0 Å². The van der Waals surface area contributed by atoms with Crippen LogP contribution in [0.4, 0.5) is 10.1 Å². The Morgan fingerprint density at radius 3 is 2.57 bits per heavy atom. The lowest BCUT2D eigenvalue weighted by atomic mass is 9.86. The van der Waals surface area contributed by atoms with E-state index in [-0.39, 0.29) is 11.4 Å². The molecular weight excluding hydrogens is 331 g/mol. The lowest BCUT2D eigenvalue weighted by Crippen LogP contribution is -2.65. The minimum atomic E-state index is -0.141. The predicted molar refractivity (Wildman–Crippen MR) is 91.4 cm³/mol. The molecule has 1 atom stereocenters. The van der Waals surface area contributed by atoms with Gasteiger partial charge in [-0.05, 0) is 37.0 Å². The average Bonchev–Trinajstić information content (AvgIpc) is 2.46. The Balaban J connectivity index is 2.38. The summed E-state index contributed by atoms with van der Waals surface area (Å²) in [5.74, 6) is 0.338. The summed E-state index contributed by atoms with van der Waals surface area (Å²) in [7, 11) is 0. The van der Waals surface area contributed by atoms with Crippen LogP contribution in [-0.2, 0) is 0 Å². The zero-order valence-corrected chi connectivity index (χ0v) is 15.0. The molecule has 0 bridgehead atoms. The Bertz CT molecular complexity index is 486. The normalized spacial score (nSPS) is 21.9. The number of benzene rings is 1. The first-order valence-electron chi connectivity index (χ1n) is 7.89. The van der Waals surface area contributed by atoms with E-state index in [1.54, 1.807) is 6.07 Å². The Kier molecular flexibility index (Phi) is 5.31. The van der Waals surface area contributed by atoms with Crippen LogP contribution in [0.15, 0.2) is 22.7 Å². The van der Waals surface area contributed by atoms with Gasteiger partial charge in [0.05, 0.1) is 5.69 Å². The van der Waals surface area contributed by atoms with E-state index < -0.39 is 0 Å². The molecule has 118 valence electrons. The summed E-state index contributed by atoms with van der Waals surface area (Å²) in [5.41, 5.74) is 0.815. The third-order valence-corrected chi connectivity index (χ3v) is 5.40. The minimum Gasteiger partial charge on any atom is -0.363 e. The van der Waals surface area contributed by atoms with Crippen LogP contribution in [-0.4, -0.2) is 24.7 Å². The zero-order chi connectivity index (χ0) is 15.6. The highest BCUT2D eigenvalue weighted by Crippen LogP contribution is 2.32. The number of nitrogens with zero attached hydrogens (tertiary/aromatic N) is 1. The van der Waals surface area contributed by atoms with E-state index in [1.165, 1.54) is 0 Å². The monoisotopic (exact) mass is 356 g/mol. The molecule has 0 spiro atoms. The first-order chi connectivity index (χ1) is 9.92. The van der Waals surface area contributed by atoms with Crippen molar-refractivity contribution in [3.05, 3.63) is 28.5 Å². The van der Waals surface area contributed by atoms with Gasteiger partial charge in [0, 0.05) is 29.1 Å². The highest BCUT2D eigenvalue weighted by molar-refractivity contribution is 9.10. The molecule has 1 aliphatic heterocycles. The number of piperazine rings is 1. The van der Waals surface area contributed by atoms with Gasteiger partial charge in [-0.1, -0.05) is 43.6 Å². The summed E-state index contributed by atoms with van der Waals surface area (Å²) in [4.78, 5) is 2.27. The number of rotatable bonds is 4. The fraction of sp³-hybridized carbons (Fsp3) is 0.647. The molecule has 2 nitrogen and oxygen atoms in total. The van der Waals surface area contributed by atoms with Crippen LogP contribution >= 0.6 is 15.9 Å². The number of nitrogens with one attached hydrogen (secondary N) is 1. The molecule has 21 heavy (non-hydrogen) atoms. The maximum Gasteiger partial charge on any atom is 0.147 e. The molecule has 0 aromatic heterocycles. The van der Waals surface area contributed by atoms with Crippen LogP contribution in [0.2, 0.25) is 0 Å². The van der Waals surface area contributed by atoms with E-state index in [4.69, 9.17) is 0 Å². The van der Waals surface area contributed by atoms with Crippen LogP contribution in [0.3, 0.4) is 0 Å². The lowest BCUT2D eigenvalue weighted by molar-refractivity contribution is 0.226. The molecule has 1 fully saturated rings. The van der Waals surface area contributed by atoms with Crippen LogP contribution in [0.5, 0.6) is 0 Å². The van der Waals surface area contributed by atoms with E-state index in [0.717, 1.165) is 36.1 Å². The summed E-state index contributed by atoms with van der Waals surface area (Å²) in [6.07, 6.45) is 2.12. The summed E-state index contributed by atoms with van der Waals surface area (Å²) in [5, 5.41) is 3.72. The van der Waals surface area contributed by atoms with Crippen molar-refractivity contribution in [2.45, 2.75) is 52.1 Å². The van der Waals surface area contributed by atoms with Gasteiger partial charge in [0.25, 0.3) is 0 Å². The molecule has 1 unspecified atom stereocenters. The van der Waals surface area contributed by atoms with Crippen molar-refractivity contribution in [1.29, 1.82) is 0 Å². The molecule has 1 N–H and O–H groups in total. The molecule has 1 saturated heterocycles. The SMILES string of the molecule is CCC1(CC)CN(c2ccc(Br)cc2F)C(C(C)C)CN1. The second-order valence-corrected chi connectivity index (χ2v) is 7.32. The second kappa shape index (κ2) is 6.66. The van der Waals surface area contributed by atoms with Gasteiger partial charge >= 0.3 is 0 Å². The Morgan fingerprint density at radius 2 is 2.05 bits per heavy atom. The first kappa shape index (κ1) is 16.8. The van der Waals surface area contributed by atoms with Crippen molar-refractivity contribution >= 4 is 21.6 Å². The van der Waals surface area contributed by atoms with Gasteiger partial charge < -0.3 is 10.2 Å². The largest absolute Gasteiger partial charge is 0.363 e. The third-order valence-electron chi connectivity index (χ3n) is 4.90. The van der Waals surface area contributed by atoms with E-state index in [9.17, 15) is 4.39 Å². The van der Waals surface area contributed by atoms with Gasteiger partial charge in [-0.2, -0.15) is 0 Å². The van der Waals surface area contributed by atoms with Crippen molar-refractivity contribution in [2.24, 2.45) is 5.92 Å². The molecule has 2 rings (SSSR count). The molecule has 1 aliphatic rings. The maximum atomic E-state index is 14.4. The third kappa shape index (κ3) is 3.42. The summed E-state index contributed by atoms with van der Waals surface area (Å²) in [6.45, 7) is 10.6. The van der Waals surface area contributed by atoms with Gasteiger partial charge in [-0.15, -0.1) is 0 Å². The summed E-state index contributed by atoms with van der Waals surface area (Å²) in [6, 6.07) is 5.72. The van der Waals surface area contributed by atoms with Crippen molar-refractivity contribution in [3.63, 3.8) is 0 Å². The molecular formula is C17H26BrFN2. The maximum absolute atomic E-state index is 14.4. The molecule has 1 aromatic rings. The minimum absolute atomic E-state index is 0.0882. The molecule has 1 aromatic carbocycles.